The summed E-state index contributed by atoms with van der Waals surface area (Å²) in [4.78, 5) is 0. The van der Waals surface area contributed by atoms with Crippen LogP contribution in [0.15, 0.2) is 0 Å². The Bertz CT molecular complexity index is 67.2. The van der Waals surface area contributed by atoms with E-state index in [4.69, 9.17) is 0 Å². The largest absolute Gasteiger partial charge is 0.367 e. The van der Waals surface area contributed by atoms with Crippen LogP contribution in [0.3, 0.4) is 0 Å². The standard InChI is InChI=1S/C5H8F3.Zn/c1-4(2,3)5(6,7)8;/h1H2,2-3H3;/q-1;. The molecule has 0 aromatic carbocycles. The van der Waals surface area contributed by atoms with Crippen molar-refractivity contribution in [3.8, 4) is 0 Å². The van der Waals surface area contributed by atoms with Crippen molar-refractivity contribution >= 4 is 0 Å². The van der Waals surface area contributed by atoms with Gasteiger partial charge in [-0.25, -0.2) is 0 Å². The maximum absolute atomic E-state index is 11.5. The van der Waals surface area contributed by atoms with E-state index in [1.165, 1.54) is 0 Å². The summed E-state index contributed by atoms with van der Waals surface area (Å²) >= 11 is 0. The van der Waals surface area contributed by atoms with Gasteiger partial charge in [-0.2, -0.15) is 13.2 Å². The molecule has 0 heterocycles. The Morgan fingerprint density at radius 1 is 1.11 bits per heavy atom. The quantitative estimate of drug-likeness (QED) is 0.406. The van der Waals surface area contributed by atoms with E-state index in [1.807, 2.05) is 0 Å². The van der Waals surface area contributed by atoms with Gasteiger partial charge in [-0.1, -0.05) is 19.3 Å². The third-order valence-electron chi connectivity index (χ3n) is 0.767. The van der Waals surface area contributed by atoms with E-state index in [-0.39, 0.29) is 19.5 Å². The summed E-state index contributed by atoms with van der Waals surface area (Å²) < 4.78 is 34.5. The molecule has 0 aliphatic rings. The van der Waals surface area contributed by atoms with Crippen molar-refractivity contribution in [2.75, 3.05) is 0 Å². The first-order valence-corrected chi connectivity index (χ1v) is 2.17. The van der Waals surface area contributed by atoms with Crippen molar-refractivity contribution in [3.63, 3.8) is 0 Å². The number of halogens is 3. The zero-order valence-corrected chi connectivity index (χ0v) is 8.52. The van der Waals surface area contributed by atoms with Gasteiger partial charge in [0, 0.05) is 19.5 Å². The molecule has 0 amide bonds. The molecule has 0 aromatic rings. The Labute approximate surface area is 65.6 Å². The summed E-state index contributed by atoms with van der Waals surface area (Å²) in [6, 6.07) is 0. The van der Waals surface area contributed by atoms with Gasteiger partial charge in [-0.15, -0.1) is 0 Å². The van der Waals surface area contributed by atoms with Gasteiger partial charge in [0.15, 0.2) is 0 Å². The molecular formula is C5H8F3Zn-. The van der Waals surface area contributed by atoms with Gasteiger partial charge < -0.3 is 6.92 Å². The number of rotatable bonds is 0. The van der Waals surface area contributed by atoms with Crippen LogP contribution in [0.1, 0.15) is 13.8 Å². The normalized spacial score (nSPS) is 12.7. The molecule has 0 radical (unpaired) electrons. The molecule has 0 rings (SSSR count). The molecule has 0 saturated heterocycles. The van der Waals surface area contributed by atoms with E-state index in [1.54, 1.807) is 0 Å². The van der Waals surface area contributed by atoms with Gasteiger partial charge in [0.05, 0.1) is 0 Å². The number of alkyl halides is 3. The molecule has 0 aliphatic carbocycles. The first kappa shape index (κ1) is 12.1. The van der Waals surface area contributed by atoms with Crippen LogP contribution < -0.4 is 0 Å². The fraction of sp³-hybridized carbons (Fsp3) is 0.800. The summed E-state index contributed by atoms with van der Waals surface area (Å²) in [5.41, 5.74) is -1.81. The molecule has 0 spiro atoms. The Hall–Kier alpha value is 0.413. The summed E-state index contributed by atoms with van der Waals surface area (Å²) in [5.74, 6) is 0. The van der Waals surface area contributed by atoms with E-state index < -0.39 is 11.6 Å². The Balaban J connectivity index is 0. The Morgan fingerprint density at radius 2 is 1.22 bits per heavy atom. The summed E-state index contributed by atoms with van der Waals surface area (Å²) in [6.45, 7) is 4.99. The molecule has 0 saturated carbocycles. The van der Waals surface area contributed by atoms with Crippen LogP contribution in [0.25, 0.3) is 0 Å². The molecule has 0 bridgehead atoms. The fourth-order valence-corrected chi connectivity index (χ4v) is 0. The monoisotopic (exact) mass is 189 g/mol. The first-order valence-electron chi connectivity index (χ1n) is 2.17. The van der Waals surface area contributed by atoms with Crippen molar-refractivity contribution in [1.29, 1.82) is 0 Å². The molecule has 0 atom stereocenters. The average molecular weight is 191 g/mol. The number of hydrogen-bond acceptors (Lipinski definition) is 0. The minimum atomic E-state index is -4.17. The molecule has 0 unspecified atom stereocenters. The molecular weight excluding hydrogens is 182 g/mol. The van der Waals surface area contributed by atoms with Gasteiger partial charge >= 0.3 is 6.18 Å². The van der Waals surface area contributed by atoms with Crippen LogP contribution in [-0.2, 0) is 19.5 Å². The van der Waals surface area contributed by atoms with Crippen LogP contribution in [0.5, 0.6) is 0 Å². The van der Waals surface area contributed by atoms with Crippen molar-refractivity contribution in [1.82, 2.24) is 0 Å². The number of hydrogen-bond donors (Lipinski definition) is 0. The van der Waals surface area contributed by atoms with E-state index in [0.717, 1.165) is 13.8 Å². The molecule has 0 aromatic heterocycles. The molecule has 52 valence electrons. The average Bonchev–Trinajstić information content (AvgIpc) is 1.25. The van der Waals surface area contributed by atoms with E-state index >= 15 is 0 Å². The van der Waals surface area contributed by atoms with Gasteiger partial charge in [0.2, 0.25) is 0 Å². The smallest absolute Gasteiger partial charge is 0.329 e. The van der Waals surface area contributed by atoms with Crippen LogP contribution in [0, 0.1) is 12.3 Å². The molecule has 4 heteroatoms. The summed E-state index contributed by atoms with van der Waals surface area (Å²) in [5, 5.41) is 0. The minimum absolute atomic E-state index is 0. The van der Waals surface area contributed by atoms with Gasteiger partial charge in [-0.05, 0) is 0 Å². The topological polar surface area (TPSA) is 0 Å². The van der Waals surface area contributed by atoms with E-state index in [9.17, 15) is 13.2 Å². The zero-order valence-electron chi connectivity index (χ0n) is 5.55. The summed E-state index contributed by atoms with van der Waals surface area (Å²) in [6.07, 6.45) is -4.17. The third-order valence-corrected chi connectivity index (χ3v) is 0.767. The Kier molecular flexibility index (Phi) is 4.04. The van der Waals surface area contributed by atoms with Gasteiger partial charge in [0.1, 0.15) is 0 Å². The van der Waals surface area contributed by atoms with Crippen LogP contribution in [0.4, 0.5) is 13.2 Å². The van der Waals surface area contributed by atoms with Gasteiger partial charge in [-0.3, -0.25) is 0 Å². The van der Waals surface area contributed by atoms with Crippen molar-refractivity contribution < 1.29 is 32.6 Å². The van der Waals surface area contributed by atoms with E-state index in [0.29, 0.717) is 0 Å². The van der Waals surface area contributed by atoms with Crippen molar-refractivity contribution in [2.24, 2.45) is 5.41 Å². The van der Waals surface area contributed by atoms with Crippen LogP contribution in [0.2, 0.25) is 0 Å². The molecule has 0 N–H and O–H groups in total. The van der Waals surface area contributed by atoms with Crippen molar-refractivity contribution in [2.45, 2.75) is 20.0 Å². The molecule has 0 fully saturated rings. The minimum Gasteiger partial charge on any atom is -0.329 e. The molecule has 0 nitrogen and oxygen atoms in total. The molecule has 0 aliphatic heterocycles. The van der Waals surface area contributed by atoms with Crippen molar-refractivity contribution in [3.05, 3.63) is 6.92 Å². The predicted octanol–water partition coefficient (Wildman–Crippen LogP) is 2.41. The second-order valence-electron chi connectivity index (χ2n) is 2.38. The zero-order chi connectivity index (χ0) is 7.00. The van der Waals surface area contributed by atoms with Gasteiger partial charge in [0.25, 0.3) is 0 Å². The summed E-state index contributed by atoms with van der Waals surface area (Å²) in [7, 11) is 0. The molecule has 9 heavy (non-hydrogen) atoms. The second kappa shape index (κ2) is 3.00. The second-order valence-corrected chi connectivity index (χ2v) is 2.38. The Morgan fingerprint density at radius 3 is 1.22 bits per heavy atom. The fourth-order valence-electron chi connectivity index (χ4n) is 0. The van der Waals surface area contributed by atoms with Crippen LogP contribution >= 0.6 is 0 Å². The first-order chi connectivity index (χ1) is 3.25. The van der Waals surface area contributed by atoms with Crippen LogP contribution in [-0.4, -0.2) is 6.18 Å². The van der Waals surface area contributed by atoms with E-state index in [2.05, 4.69) is 6.92 Å². The SMILES string of the molecule is [CH2-]C(C)(C)C(F)(F)F.[Zn]. The maximum atomic E-state index is 11.5. The maximum Gasteiger partial charge on any atom is 0.367 e. The predicted molar refractivity (Wildman–Crippen MR) is 25.2 cm³/mol. The third kappa shape index (κ3) is 3.91.